The lowest BCUT2D eigenvalue weighted by Gasteiger charge is -2.22. The molecule has 1 heterocycles. The average molecular weight is 349 g/mol. The van der Waals surface area contributed by atoms with Crippen molar-refractivity contribution in [1.82, 2.24) is 9.71 Å². The van der Waals surface area contributed by atoms with Crippen LogP contribution in [0.2, 0.25) is 0 Å². The number of anilines is 1. The van der Waals surface area contributed by atoms with Crippen LogP contribution in [0.1, 0.15) is 34.5 Å². The van der Waals surface area contributed by atoms with E-state index >= 15 is 0 Å². The number of aryl methyl sites for hydroxylation is 3. The summed E-state index contributed by atoms with van der Waals surface area (Å²) >= 11 is 1.46. The Bertz CT molecular complexity index is 858. The Hall–Kier alpha value is -1.44. The summed E-state index contributed by atoms with van der Waals surface area (Å²) in [5.41, 5.74) is 9.23. The second-order valence-corrected chi connectivity index (χ2v) is 9.10. The minimum Gasteiger partial charge on any atom is -0.375 e. The Balaban J connectivity index is 1.54. The molecule has 2 aromatic rings. The van der Waals surface area contributed by atoms with Crippen molar-refractivity contribution in [2.75, 3.05) is 5.73 Å². The van der Waals surface area contributed by atoms with Crippen molar-refractivity contribution >= 4 is 26.5 Å². The highest BCUT2D eigenvalue weighted by atomic mass is 32.2. The fourth-order valence-electron chi connectivity index (χ4n) is 3.50. The van der Waals surface area contributed by atoms with E-state index in [1.807, 2.05) is 12.1 Å². The third-order valence-electron chi connectivity index (χ3n) is 4.66. The number of benzene rings is 1. The number of hydrogen-bond donors (Lipinski definition) is 2. The maximum atomic E-state index is 12.7. The van der Waals surface area contributed by atoms with E-state index < -0.39 is 10.0 Å². The van der Waals surface area contributed by atoms with Crippen LogP contribution in [0.3, 0.4) is 0 Å². The smallest absolute Gasteiger partial charge is 0.240 e. The standard InChI is InChI=1S/C16H19N3O2S2/c17-16-18-14-7-5-12(9-15(14)22-16)19-23(20,21)13-6-4-10-2-1-3-11(10)8-13/h4,6,8,12,19H,1-3,5,7,9H2,(H2,17,18). The number of fused-ring (bicyclic) bond motifs is 2. The molecule has 2 aliphatic rings. The molecule has 0 radical (unpaired) electrons. The monoisotopic (exact) mass is 349 g/mol. The number of rotatable bonds is 3. The number of hydrogen-bond acceptors (Lipinski definition) is 5. The number of nitrogens with zero attached hydrogens (tertiary/aromatic N) is 1. The Morgan fingerprint density at radius 1 is 1.22 bits per heavy atom. The molecule has 0 amide bonds. The first kappa shape index (κ1) is 15.1. The highest BCUT2D eigenvalue weighted by molar-refractivity contribution is 7.89. The molecular weight excluding hydrogens is 330 g/mol. The summed E-state index contributed by atoms with van der Waals surface area (Å²) < 4.78 is 28.2. The first-order valence-corrected chi connectivity index (χ1v) is 10.2. The van der Waals surface area contributed by atoms with Crippen molar-refractivity contribution in [1.29, 1.82) is 0 Å². The fraction of sp³-hybridized carbons (Fsp3) is 0.438. The van der Waals surface area contributed by atoms with Gasteiger partial charge in [-0.15, -0.1) is 11.3 Å². The van der Waals surface area contributed by atoms with Gasteiger partial charge < -0.3 is 5.73 Å². The van der Waals surface area contributed by atoms with Gasteiger partial charge in [-0.05, 0) is 55.4 Å². The summed E-state index contributed by atoms with van der Waals surface area (Å²) in [4.78, 5) is 5.79. The van der Waals surface area contributed by atoms with Gasteiger partial charge in [0.2, 0.25) is 10.0 Å². The maximum Gasteiger partial charge on any atom is 0.240 e. The van der Waals surface area contributed by atoms with E-state index in [0.717, 1.165) is 42.7 Å². The summed E-state index contributed by atoms with van der Waals surface area (Å²) in [6, 6.07) is 5.44. The fourth-order valence-corrected chi connectivity index (χ4v) is 5.78. The summed E-state index contributed by atoms with van der Waals surface area (Å²) in [5.74, 6) is 0. The van der Waals surface area contributed by atoms with Crippen LogP contribution in [0.15, 0.2) is 23.1 Å². The molecule has 0 spiro atoms. The van der Waals surface area contributed by atoms with Gasteiger partial charge in [-0.1, -0.05) is 6.07 Å². The van der Waals surface area contributed by atoms with E-state index in [4.69, 9.17) is 5.73 Å². The highest BCUT2D eigenvalue weighted by Crippen LogP contribution is 2.29. The summed E-state index contributed by atoms with van der Waals surface area (Å²) in [6.07, 6.45) is 5.37. The molecular formula is C16H19N3O2S2. The molecule has 0 saturated heterocycles. The zero-order valence-corrected chi connectivity index (χ0v) is 14.3. The predicted molar refractivity (Wildman–Crippen MR) is 91.1 cm³/mol. The molecule has 1 atom stereocenters. The molecule has 3 N–H and O–H groups in total. The topological polar surface area (TPSA) is 85.1 Å². The van der Waals surface area contributed by atoms with Crippen molar-refractivity contribution in [3.63, 3.8) is 0 Å². The minimum atomic E-state index is -3.47. The largest absolute Gasteiger partial charge is 0.375 e. The van der Waals surface area contributed by atoms with Gasteiger partial charge >= 0.3 is 0 Å². The molecule has 0 fully saturated rings. The highest BCUT2D eigenvalue weighted by Gasteiger charge is 2.27. The lowest BCUT2D eigenvalue weighted by Crippen LogP contribution is -2.38. The van der Waals surface area contributed by atoms with Crippen LogP contribution < -0.4 is 10.5 Å². The van der Waals surface area contributed by atoms with Crippen molar-refractivity contribution in [2.24, 2.45) is 0 Å². The summed E-state index contributed by atoms with van der Waals surface area (Å²) in [5, 5.41) is 0.567. The molecule has 7 heteroatoms. The van der Waals surface area contributed by atoms with Gasteiger partial charge in [-0.2, -0.15) is 0 Å². The summed E-state index contributed by atoms with van der Waals surface area (Å²) in [7, 11) is -3.47. The third kappa shape index (κ3) is 2.88. The Kier molecular flexibility index (Phi) is 3.66. The first-order chi connectivity index (χ1) is 11.0. The van der Waals surface area contributed by atoms with Gasteiger partial charge in [0.05, 0.1) is 10.6 Å². The van der Waals surface area contributed by atoms with Crippen molar-refractivity contribution in [3.05, 3.63) is 39.9 Å². The van der Waals surface area contributed by atoms with Gasteiger partial charge in [0, 0.05) is 17.3 Å². The predicted octanol–water partition coefficient (Wildman–Crippen LogP) is 2.05. The Labute approximate surface area is 140 Å². The van der Waals surface area contributed by atoms with E-state index in [2.05, 4.69) is 9.71 Å². The normalized spacial score (nSPS) is 20.3. The van der Waals surface area contributed by atoms with Crippen LogP contribution in [0.5, 0.6) is 0 Å². The second kappa shape index (κ2) is 5.58. The van der Waals surface area contributed by atoms with E-state index in [9.17, 15) is 8.42 Å². The third-order valence-corrected chi connectivity index (χ3v) is 7.13. The van der Waals surface area contributed by atoms with Crippen molar-refractivity contribution in [2.45, 2.75) is 49.5 Å². The molecule has 0 bridgehead atoms. The lowest BCUT2D eigenvalue weighted by molar-refractivity contribution is 0.508. The van der Waals surface area contributed by atoms with E-state index in [-0.39, 0.29) is 6.04 Å². The first-order valence-electron chi connectivity index (χ1n) is 7.89. The van der Waals surface area contributed by atoms with Crippen LogP contribution in [0, 0.1) is 0 Å². The van der Waals surface area contributed by atoms with E-state index in [1.165, 1.54) is 22.5 Å². The molecule has 2 aliphatic carbocycles. The zero-order chi connectivity index (χ0) is 16.0. The molecule has 0 aliphatic heterocycles. The molecule has 1 unspecified atom stereocenters. The number of nitrogen functional groups attached to an aromatic ring is 1. The van der Waals surface area contributed by atoms with Gasteiger partial charge in [0.25, 0.3) is 0 Å². The number of aromatic nitrogens is 1. The number of nitrogens with one attached hydrogen (secondary N) is 1. The molecule has 0 saturated carbocycles. The quantitative estimate of drug-likeness (QED) is 0.888. The van der Waals surface area contributed by atoms with Gasteiger partial charge in [0.15, 0.2) is 5.13 Å². The average Bonchev–Trinajstić information content (AvgIpc) is 3.10. The van der Waals surface area contributed by atoms with E-state index in [1.54, 1.807) is 6.07 Å². The number of sulfonamides is 1. The maximum absolute atomic E-state index is 12.7. The molecule has 5 nitrogen and oxygen atoms in total. The van der Waals surface area contributed by atoms with Gasteiger partial charge in [0.1, 0.15) is 0 Å². The van der Waals surface area contributed by atoms with E-state index in [0.29, 0.717) is 16.4 Å². The van der Waals surface area contributed by atoms with Crippen LogP contribution >= 0.6 is 11.3 Å². The second-order valence-electron chi connectivity index (χ2n) is 6.27. The SMILES string of the molecule is Nc1nc2c(s1)CC(NS(=O)(=O)c1ccc3c(c1)CCC3)CC2. The van der Waals surface area contributed by atoms with Crippen LogP contribution in [0.25, 0.3) is 0 Å². The van der Waals surface area contributed by atoms with Gasteiger partial charge in [-0.3, -0.25) is 0 Å². The molecule has 23 heavy (non-hydrogen) atoms. The number of thiazole rings is 1. The minimum absolute atomic E-state index is 0.0828. The lowest BCUT2D eigenvalue weighted by atomic mass is 9.99. The molecule has 1 aromatic carbocycles. The van der Waals surface area contributed by atoms with Crippen LogP contribution in [0.4, 0.5) is 5.13 Å². The molecule has 122 valence electrons. The van der Waals surface area contributed by atoms with Crippen molar-refractivity contribution < 1.29 is 8.42 Å². The van der Waals surface area contributed by atoms with Crippen molar-refractivity contribution in [3.8, 4) is 0 Å². The molecule has 4 rings (SSSR count). The Morgan fingerprint density at radius 2 is 2.04 bits per heavy atom. The van der Waals surface area contributed by atoms with Crippen LogP contribution in [-0.2, 0) is 35.7 Å². The molecule has 1 aromatic heterocycles. The number of nitrogens with two attached hydrogens (primary N) is 1. The Morgan fingerprint density at radius 3 is 2.91 bits per heavy atom. The van der Waals surface area contributed by atoms with Gasteiger partial charge in [-0.25, -0.2) is 18.1 Å². The summed E-state index contributed by atoms with van der Waals surface area (Å²) in [6.45, 7) is 0. The zero-order valence-electron chi connectivity index (χ0n) is 12.7. The van der Waals surface area contributed by atoms with Crippen LogP contribution in [-0.4, -0.2) is 19.4 Å².